The zero-order valence-corrected chi connectivity index (χ0v) is 23.8. The van der Waals surface area contributed by atoms with Gasteiger partial charge < -0.3 is 15.2 Å². The van der Waals surface area contributed by atoms with Gasteiger partial charge in [0.25, 0.3) is 0 Å². The van der Waals surface area contributed by atoms with Crippen molar-refractivity contribution in [2.75, 3.05) is 14.2 Å². The molecule has 1 unspecified atom stereocenters. The number of aliphatic hydroxyl groups excluding tert-OH is 1. The van der Waals surface area contributed by atoms with Gasteiger partial charge in [-0.15, -0.1) is 0 Å². The van der Waals surface area contributed by atoms with E-state index in [0.29, 0.717) is 6.29 Å². The SMILES string of the molecule is CC.CC1CC1.CCc1ccc(C#C/C=C/c2ccc(C(C)=O)cc2)cc1.CNC(=O)C(C)C=O.CO. The summed E-state index contributed by atoms with van der Waals surface area (Å²) in [6.07, 6.45) is 8.40. The van der Waals surface area contributed by atoms with Gasteiger partial charge in [0.2, 0.25) is 5.91 Å². The summed E-state index contributed by atoms with van der Waals surface area (Å²) in [5.74, 6) is 6.55. The Hall–Kier alpha value is -3.49. The molecule has 5 heteroatoms. The number of allylic oxidation sites excluding steroid dienone is 1. The molecule has 1 atom stereocenters. The maximum atomic E-state index is 11.2. The second-order valence-electron chi connectivity index (χ2n) is 8.05. The summed E-state index contributed by atoms with van der Waals surface area (Å²) in [6, 6.07) is 15.8. The molecule has 37 heavy (non-hydrogen) atoms. The molecule has 3 rings (SSSR count). The van der Waals surface area contributed by atoms with Gasteiger partial charge in [-0.2, -0.15) is 0 Å². The zero-order chi connectivity index (χ0) is 28.6. The smallest absolute Gasteiger partial charge is 0.229 e. The summed E-state index contributed by atoms with van der Waals surface area (Å²) in [5, 5.41) is 9.35. The molecule has 0 radical (unpaired) electrons. The lowest BCUT2D eigenvalue weighted by Gasteiger charge is -1.97. The van der Waals surface area contributed by atoms with E-state index in [0.717, 1.165) is 36.1 Å². The van der Waals surface area contributed by atoms with Gasteiger partial charge in [-0.1, -0.05) is 88.8 Å². The maximum Gasteiger partial charge on any atom is 0.229 e. The van der Waals surface area contributed by atoms with Gasteiger partial charge in [0.1, 0.15) is 6.29 Å². The molecular formula is C32H45NO4. The number of aliphatic hydroxyl groups is 1. The molecule has 1 aliphatic carbocycles. The summed E-state index contributed by atoms with van der Waals surface area (Å²) in [5.41, 5.74) is 4.11. The fourth-order valence-electron chi connectivity index (χ4n) is 2.37. The van der Waals surface area contributed by atoms with Gasteiger partial charge in [0.05, 0.1) is 5.92 Å². The Morgan fingerprint density at radius 3 is 1.92 bits per heavy atom. The van der Waals surface area contributed by atoms with Crippen molar-refractivity contribution < 1.29 is 19.5 Å². The topological polar surface area (TPSA) is 83.5 Å². The Morgan fingerprint density at radius 1 is 1.05 bits per heavy atom. The average molecular weight is 508 g/mol. The molecule has 0 aliphatic heterocycles. The highest BCUT2D eigenvalue weighted by Crippen LogP contribution is 2.26. The van der Waals surface area contributed by atoms with Crippen molar-refractivity contribution in [2.24, 2.45) is 11.8 Å². The molecular weight excluding hydrogens is 462 g/mol. The molecule has 0 saturated heterocycles. The van der Waals surface area contributed by atoms with Crippen LogP contribution in [0.4, 0.5) is 0 Å². The lowest BCUT2D eigenvalue weighted by Crippen LogP contribution is -2.25. The molecule has 202 valence electrons. The number of nitrogens with one attached hydrogen (secondary N) is 1. The van der Waals surface area contributed by atoms with E-state index in [-0.39, 0.29) is 11.7 Å². The van der Waals surface area contributed by atoms with Crippen LogP contribution in [0.2, 0.25) is 0 Å². The number of carbonyl (C=O) groups is 3. The van der Waals surface area contributed by atoms with Crippen molar-refractivity contribution in [3.8, 4) is 11.8 Å². The quantitative estimate of drug-likeness (QED) is 0.221. The normalized spacial score (nSPS) is 11.6. The Labute approximate surface area is 224 Å². The first-order valence-electron chi connectivity index (χ1n) is 12.8. The maximum absolute atomic E-state index is 11.2. The number of carbonyl (C=O) groups excluding carboxylic acids is 3. The number of hydrogen-bond donors (Lipinski definition) is 2. The van der Waals surface area contributed by atoms with E-state index in [1.165, 1.54) is 25.5 Å². The molecule has 1 fully saturated rings. The minimum Gasteiger partial charge on any atom is -0.400 e. The molecule has 1 saturated carbocycles. The van der Waals surface area contributed by atoms with Gasteiger partial charge in [-0.05, 0) is 61.6 Å². The lowest BCUT2D eigenvalue weighted by molar-refractivity contribution is -0.127. The molecule has 0 aromatic heterocycles. The molecule has 0 spiro atoms. The van der Waals surface area contributed by atoms with Crippen LogP contribution in [-0.4, -0.2) is 37.2 Å². The highest BCUT2D eigenvalue weighted by atomic mass is 16.2. The van der Waals surface area contributed by atoms with E-state index in [2.05, 4.69) is 43.1 Å². The minimum atomic E-state index is -0.514. The lowest BCUT2D eigenvalue weighted by atomic mass is 10.1. The van der Waals surface area contributed by atoms with Gasteiger partial charge in [-0.25, -0.2) is 0 Å². The number of aldehydes is 1. The predicted molar refractivity (Wildman–Crippen MR) is 155 cm³/mol. The largest absolute Gasteiger partial charge is 0.400 e. The Balaban J connectivity index is 0. The number of Topliss-reactive ketones (excluding diaryl/α,β-unsaturated/α-hetero) is 1. The minimum absolute atomic E-state index is 0.0841. The fourth-order valence-corrected chi connectivity index (χ4v) is 2.37. The molecule has 1 aliphatic rings. The standard InChI is InChI=1S/C20H18O.C5H9NO2.C4H8.C2H6.CH4O/c1-3-17-8-10-18(11-9-17)6-4-5-7-19-12-14-20(15-13-19)16(2)21;1-4(3-7)5(8)6-2;1-4-2-3-4;2*1-2/h5,7-15H,3H2,1-2H3;3-4H,1-2H3,(H,6,8);4H,2-3H2,1H3;1-2H3;2H,1H3/b7-5+;;;;. The Bertz CT molecular complexity index is 976. The van der Waals surface area contributed by atoms with E-state index < -0.39 is 5.92 Å². The summed E-state index contributed by atoms with van der Waals surface area (Å²) in [7, 11) is 2.50. The van der Waals surface area contributed by atoms with Crippen LogP contribution >= 0.6 is 0 Å². The zero-order valence-electron chi connectivity index (χ0n) is 23.8. The number of amides is 1. The summed E-state index contributed by atoms with van der Waals surface area (Å²) in [4.78, 5) is 31.4. The predicted octanol–water partition coefficient (Wildman–Crippen LogP) is 6.13. The number of hydrogen-bond acceptors (Lipinski definition) is 4. The van der Waals surface area contributed by atoms with E-state index in [1.54, 1.807) is 13.8 Å². The van der Waals surface area contributed by atoms with Crippen LogP contribution in [0.25, 0.3) is 6.08 Å². The molecule has 0 bridgehead atoms. The molecule has 0 heterocycles. The van der Waals surface area contributed by atoms with Crippen molar-refractivity contribution in [3.05, 3.63) is 76.9 Å². The Kier molecular flexibility index (Phi) is 22.1. The first-order chi connectivity index (χ1) is 17.8. The molecule has 5 nitrogen and oxygen atoms in total. The second-order valence-corrected chi connectivity index (χ2v) is 8.05. The van der Waals surface area contributed by atoms with E-state index in [1.807, 2.05) is 62.4 Å². The number of rotatable bonds is 5. The van der Waals surface area contributed by atoms with Crippen molar-refractivity contribution in [1.82, 2.24) is 5.32 Å². The van der Waals surface area contributed by atoms with Crippen LogP contribution < -0.4 is 5.32 Å². The number of aryl methyl sites for hydroxylation is 1. The first kappa shape index (κ1) is 35.7. The van der Waals surface area contributed by atoms with Crippen molar-refractivity contribution in [1.29, 1.82) is 0 Å². The van der Waals surface area contributed by atoms with Crippen molar-refractivity contribution in [2.45, 2.75) is 60.8 Å². The van der Waals surface area contributed by atoms with E-state index in [4.69, 9.17) is 5.11 Å². The van der Waals surface area contributed by atoms with Gasteiger partial charge >= 0.3 is 0 Å². The number of ketones is 1. The monoisotopic (exact) mass is 507 g/mol. The third kappa shape index (κ3) is 18.4. The van der Waals surface area contributed by atoms with Crippen LogP contribution in [0, 0.1) is 23.7 Å². The summed E-state index contributed by atoms with van der Waals surface area (Å²) in [6.45, 7) is 11.5. The Morgan fingerprint density at radius 2 is 1.57 bits per heavy atom. The van der Waals surface area contributed by atoms with Crippen molar-refractivity contribution in [3.63, 3.8) is 0 Å². The molecule has 2 N–H and O–H groups in total. The highest BCUT2D eigenvalue weighted by molar-refractivity contribution is 5.94. The third-order valence-corrected chi connectivity index (χ3v) is 4.99. The van der Waals surface area contributed by atoms with Gasteiger partial charge in [-0.3, -0.25) is 9.59 Å². The summed E-state index contributed by atoms with van der Waals surface area (Å²) >= 11 is 0. The first-order valence-corrected chi connectivity index (χ1v) is 12.8. The highest BCUT2D eigenvalue weighted by Gasteiger charge is 2.12. The molecule has 2 aromatic rings. The van der Waals surface area contributed by atoms with E-state index in [9.17, 15) is 14.4 Å². The fraction of sp³-hybridized carbons (Fsp3) is 0.406. The molecule has 2 aromatic carbocycles. The third-order valence-electron chi connectivity index (χ3n) is 4.99. The van der Waals surface area contributed by atoms with Gasteiger partial charge in [0.15, 0.2) is 5.78 Å². The van der Waals surface area contributed by atoms with Crippen LogP contribution in [0.15, 0.2) is 54.6 Å². The average Bonchev–Trinajstić information content (AvgIpc) is 3.75. The van der Waals surface area contributed by atoms with E-state index >= 15 is 0 Å². The van der Waals surface area contributed by atoms with Crippen LogP contribution in [0.3, 0.4) is 0 Å². The number of benzene rings is 2. The second kappa shape index (κ2) is 22.9. The van der Waals surface area contributed by atoms with Crippen LogP contribution in [-0.2, 0) is 16.0 Å². The van der Waals surface area contributed by atoms with Gasteiger partial charge in [0, 0.05) is 25.3 Å². The van der Waals surface area contributed by atoms with Crippen LogP contribution in [0.1, 0.15) is 81.4 Å². The van der Waals surface area contributed by atoms with Crippen molar-refractivity contribution >= 4 is 24.1 Å². The van der Waals surface area contributed by atoms with Crippen LogP contribution in [0.5, 0.6) is 0 Å². The summed E-state index contributed by atoms with van der Waals surface area (Å²) < 4.78 is 0. The molecule has 1 amide bonds.